The lowest BCUT2D eigenvalue weighted by Gasteiger charge is -2.10. The van der Waals surface area contributed by atoms with Crippen molar-refractivity contribution in [2.75, 3.05) is 11.8 Å². The standard InChI is InChI=1S/C17H15N3O4S/c1-24-17(21)13-4-2-5-16(12-13)25(22,23)19-14-6-8-15(9-7-14)20-11-3-10-18-20/h2-12,19H,1H3. The first kappa shape index (κ1) is 16.7. The third-order valence-electron chi connectivity index (χ3n) is 3.45. The van der Waals surface area contributed by atoms with E-state index in [1.165, 1.54) is 31.4 Å². The molecule has 0 amide bonds. The van der Waals surface area contributed by atoms with E-state index in [-0.39, 0.29) is 10.5 Å². The van der Waals surface area contributed by atoms with E-state index in [0.29, 0.717) is 5.69 Å². The van der Waals surface area contributed by atoms with Crippen molar-refractivity contribution in [2.24, 2.45) is 0 Å². The minimum atomic E-state index is -3.82. The molecule has 1 heterocycles. The average Bonchev–Trinajstić information content (AvgIpc) is 3.16. The first-order chi connectivity index (χ1) is 12.0. The molecule has 3 rings (SSSR count). The van der Waals surface area contributed by atoms with Crippen molar-refractivity contribution in [2.45, 2.75) is 4.90 Å². The molecular weight excluding hydrogens is 342 g/mol. The van der Waals surface area contributed by atoms with Crippen LogP contribution in [0, 0.1) is 0 Å². The highest BCUT2D eigenvalue weighted by Crippen LogP contribution is 2.19. The van der Waals surface area contributed by atoms with E-state index in [1.807, 2.05) is 0 Å². The third-order valence-corrected chi connectivity index (χ3v) is 4.83. The lowest BCUT2D eigenvalue weighted by molar-refractivity contribution is 0.0600. The first-order valence-electron chi connectivity index (χ1n) is 7.31. The maximum atomic E-state index is 12.5. The van der Waals surface area contributed by atoms with Crippen LogP contribution in [-0.2, 0) is 14.8 Å². The van der Waals surface area contributed by atoms with Crippen LogP contribution < -0.4 is 4.72 Å². The number of hydrogen-bond acceptors (Lipinski definition) is 5. The van der Waals surface area contributed by atoms with Crippen LogP contribution in [0.2, 0.25) is 0 Å². The number of methoxy groups -OCH3 is 1. The fourth-order valence-electron chi connectivity index (χ4n) is 2.23. The van der Waals surface area contributed by atoms with Gasteiger partial charge in [-0.05, 0) is 48.5 Å². The van der Waals surface area contributed by atoms with Gasteiger partial charge >= 0.3 is 5.97 Å². The van der Waals surface area contributed by atoms with Crippen LogP contribution >= 0.6 is 0 Å². The highest BCUT2D eigenvalue weighted by atomic mass is 32.2. The normalized spacial score (nSPS) is 11.1. The smallest absolute Gasteiger partial charge is 0.337 e. The summed E-state index contributed by atoms with van der Waals surface area (Å²) in [6.45, 7) is 0. The van der Waals surface area contributed by atoms with E-state index < -0.39 is 16.0 Å². The zero-order chi connectivity index (χ0) is 17.9. The zero-order valence-electron chi connectivity index (χ0n) is 13.3. The zero-order valence-corrected chi connectivity index (χ0v) is 14.1. The topological polar surface area (TPSA) is 90.3 Å². The molecule has 0 bridgehead atoms. The van der Waals surface area contributed by atoms with Crippen molar-refractivity contribution in [3.05, 3.63) is 72.6 Å². The number of carbonyl (C=O) groups excluding carboxylic acids is 1. The summed E-state index contributed by atoms with van der Waals surface area (Å²) in [4.78, 5) is 11.5. The number of sulfonamides is 1. The van der Waals surface area contributed by atoms with Crippen LogP contribution in [-0.4, -0.2) is 31.3 Å². The number of esters is 1. The molecule has 7 nitrogen and oxygen atoms in total. The molecule has 128 valence electrons. The SMILES string of the molecule is COC(=O)c1cccc(S(=O)(=O)Nc2ccc(-n3cccn3)cc2)c1. The molecule has 0 aliphatic heterocycles. The number of rotatable bonds is 5. The Morgan fingerprint density at radius 1 is 1.12 bits per heavy atom. The molecule has 1 aromatic heterocycles. The van der Waals surface area contributed by atoms with Gasteiger partial charge in [-0.15, -0.1) is 0 Å². The van der Waals surface area contributed by atoms with Gasteiger partial charge in [0.25, 0.3) is 10.0 Å². The second kappa shape index (κ2) is 6.78. The molecule has 0 atom stereocenters. The molecule has 8 heteroatoms. The lowest BCUT2D eigenvalue weighted by Crippen LogP contribution is -2.14. The number of aromatic nitrogens is 2. The number of nitrogens with one attached hydrogen (secondary N) is 1. The van der Waals surface area contributed by atoms with Crippen molar-refractivity contribution in [1.82, 2.24) is 9.78 Å². The van der Waals surface area contributed by atoms with Crippen LogP contribution in [0.1, 0.15) is 10.4 Å². The summed E-state index contributed by atoms with van der Waals surface area (Å²) in [5.41, 5.74) is 1.37. The molecule has 25 heavy (non-hydrogen) atoms. The largest absolute Gasteiger partial charge is 0.465 e. The number of hydrogen-bond donors (Lipinski definition) is 1. The van der Waals surface area contributed by atoms with E-state index in [0.717, 1.165) is 5.69 Å². The predicted octanol–water partition coefficient (Wildman–Crippen LogP) is 2.46. The number of anilines is 1. The Morgan fingerprint density at radius 3 is 2.52 bits per heavy atom. The van der Waals surface area contributed by atoms with Gasteiger partial charge in [-0.2, -0.15) is 5.10 Å². The summed E-state index contributed by atoms with van der Waals surface area (Å²) in [5, 5.41) is 4.11. The Balaban J connectivity index is 1.83. The molecule has 0 spiro atoms. The molecule has 0 fully saturated rings. The van der Waals surface area contributed by atoms with Gasteiger partial charge in [0, 0.05) is 18.1 Å². The van der Waals surface area contributed by atoms with E-state index in [2.05, 4.69) is 14.6 Å². The van der Waals surface area contributed by atoms with Gasteiger partial charge in [0.05, 0.1) is 23.3 Å². The van der Waals surface area contributed by atoms with Gasteiger partial charge in [0.1, 0.15) is 0 Å². The molecule has 0 radical (unpaired) electrons. The maximum Gasteiger partial charge on any atom is 0.337 e. The fourth-order valence-corrected chi connectivity index (χ4v) is 3.33. The molecule has 2 aromatic carbocycles. The van der Waals surface area contributed by atoms with Crippen LogP contribution in [0.5, 0.6) is 0 Å². The van der Waals surface area contributed by atoms with Gasteiger partial charge in [-0.1, -0.05) is 6.07 Å². The number of benzene rings is 2. The second-order valence-corrected chi connectivity index (χ2v) is 6.80. The Bertz CT molecular complexity index is 981. The van der Waals surface area contributed by atoms with Crippen LogP contribution in [0.4, 0.5) is 5.69 Å². The first-order valence-corrected chi connectivity index (χ1v) is 8.79. The molecule has 0 saturated carbocycles. The predicted molar refractivity (Wildman–Crippen MR) is 92.2 cm³/mol. The van der Waals surface area contributed by atoms with E-state index in [9.17, 15) is 13.2 Å². The van der Waals surface area contributed by atoms with Crippen LogP contribution in [0.15, 0.2) is 71.9 Å². The van der Waals surface area contributed by atoms with Crippen molar-refractivity contribution in [3.63, 3.8) is 0 Å². The minimum Gasteiger partial charge on any atom is -0.465 e. The molecule has 0 aliphatic carbocycles. The Hall–Kier alpha value is -3.13. The van der Waals surface area contributed by atoms with Gasteiger partial charge < -0.3 is 4.74 Å². The monoisotopic (exact) mass is 357 g/mol. The van der Waals surface area contributed by atoms with Gasteiger partial charge in [0.2, 0.25) is 0 Å². The van der Waals surface area contributed by atoms with Crippen molar-refractivity contribution in [3.8, 4) is 5.69 Å². The van der Waals surface area contributed by atoms with Crippen molar-refractivity contribution in [1.29, 1.82) is 0 Å². The van der Waals surface area contributed by atoms with Crippen molar-refractivity contribution >= 4 is 21.7 Å². The van der Waals surface area contributed by atoms with Crippen molar-refractivity contribution < 1.29 is 17.9 Å². The fraction of sp³-hybridized carbons (Fsp3) is 0.0588. The maximum absolute atomic E-state index is 12.5. The van der Waals surface area contributed by atoms with E-state index >= 15 is 0 Å². The molecule has 0 aliphatic rings. The average molecular weight is 357 g/mol. The summed E-state index contributed by atoms with van der Waals surface area (Å²) in [6.07, 6.45) is 3.45. The Labute approximate surface area is 144 Å². The van der Waals surface area contributed by atoms with Crippen LogP contribution in [0.3, 0.4) is 0 Å². The van der Waals surface area contributed by atoms with E-state index in [4.69, 9.17) is 0 Å². The van der Waals surface area contributed by atoms with E-state index in [1.54, 1.807) is 47.4 Å². The quantitative estimate of drug-likeness (QED) is 0.709. The molecule has 0 unspecified atom stereocenters. The summed E-state index contributed by atoms with van der Waals surface area (Å²) < 4.78 is 33.7. The summed E-state index contributed by atoms with van der Waals surface area (Å²) in [7, 11) is -2.59. The van der Waals surface area contributed by atoms with Gasteiger partial charge in [-0.25, -0.2) is 17.9 Å². The Kier molecular flexibility index (Phi) is 4.53. The minimum absolute atomic E-state index is 0.0217. The highest BCUT2D eigenvalue weighted by Gasteiger charge is 2.16. The lowest BCUT2D eigenvalue weighted by atomic mass is 10.2. The molecule has 3 aromatic rings. The highest BCUT2D eigenvalue weighted by molar-refractivity contribution is 7.92. The summed E-state index contributed by atoms with van der Waals surface area (Å²) in [6, 6.07) is 14.2. The van der Waals surface area contributed by atoms with Crippen LogP contribution in [0.25, 0.3) is 5.69 Å². The second-order valence-electron chi connectivity index (χ2n) is 5.12. The number of ether oxygens (including phenoxy) is 1. The molecule has 0 saturated heterocycles. The summed E-state index contributed by atoms with van der Waals surface area (Å²) >= 11 is 0. The third kappa shape index (κ3) is 3.69. The van der Waals surface area contributed by atoms with Gasteiger partial charge in [0.15, 0.2) is 0 Å². The Morgan fingerprint density at radius 2 is 1.88 bits per heavy atom. The molecular formula is C17H15N3O4S. The molecule has 1 N–H and O–H groups in total. The summed E-state index contributed by atoms with van der Waals surface area (Å²) in [5.74, 6) is -0.597. The number of carbonyl (C=O) groups is 1. The number of nitrogens with zero attached hydrogens (tertiary/aromatic N) is 2. The van der Waals surface area contributed by atoms with Gasteiger partial charge in [-0.3, -0.25) is 4.72 Å².